The van der Waals surface area contributed by atoms with Gasteiger partial charge in [0.15, 0.2) is 5.78 Å². The third-order valence-corrected chi connectivity index (χ3v) is 5.49. The molecule has 3 heteroatoms. The lowest BCUT2D eigenvalue weighted by atomic mass is 10.0. The standard InChI is InChI=1S/C18H18O2S/c1-13-5-2-3-8-18(13)21(20)12-17(19)16-10-9-14-6-4-7-15(14)11-16/h2-3,5,8-11H,4,6-7,12H2,1H3. The number of hydrogen-bond donors (Lipinski definition) is 0. The molecule has 2 nitrogen and oxygen atoms in total. The van der Waals surface area contributed by atoms with Gasteiger partial charge < -0.3 is 0 Å². The van der Waals surface area contributed by atoms with E-state index in [4.69, 9.17) is 0 Å². The van der Waals surface area contributed by atoms with Crippen LogP contribution in [0.3, 0.4) is 0 Å². The van der Waals surface area contributed by atoms with Crippen LogP contribution in [0.15, 0.2) is 47.4 Å². The van der Waals surface area contributed by atoms with Gasteiger partial charge in [0, 0.05) is 10.5 Å². The lowest BCUT2D eigenvalue weighted by Crippen LogP contribution is -2.12. The van der Waals surface area contributed by atoms with Crippen LogP contribution in [0.25, 0.3) is 0 Å². The molecule has 0 saturated carbocycles. The van der Waals surface area contributed by atoms with Crippen molar-refractivity contribution in [1.82, 2.24) is 0 Å². The van der Waals surface area contributed by atoms with Gasteiger partial charge in [-0.05, 0) is 55.0 Å². The van der Waals surface area contributed by atoms with Gasteiger partial charge >= 0.3 is 0 Å². The molecule has 1 aliphatic rings. The first-order chi connectivity index (χ1) is 10.1. The molecule has 0 fully saturated rings. The zero-order valence-corrected chi connectivity index (χ0v) is 12.9. The van der Waals surface area contributed by atoms with Crippen molar-refractivity contribution >= 4 is 16.6 Å². The third kappa shape index (κ3) is 2.98. The van der Waals surface area contributed by atoms with E-state index in [1.54, 1.807) is 0 Å². The molecule has 1 atom stereocenters. The van der Waals surface area contributed by atoms with E-state index >= 15 is 0 Å². The number of ketones is 1. The second-order valence-corrected chi connectivity index (χ2v) is 6.94. The van der Waals surface area contributed by atoms with E-state index in [0.29, 0.717) is 5.56 Å². The van der Waals surface area contributed by atoms with Crippen LogP contribution >= 0.6 is 0 Å². The summed E-state index contributed by atoms with van der Waals surface area (Å²) in [6.45, 7) is 1.92. The van der Waals surface area contributed by atoms with E-state index in [1.165, 1.54) is 17.5 Å². The molecule has 0 spiro atoms. The molecule has 0 heterocycles. The fourth-order valence-corrected chi connectivity index (χ4v) is 4.06. The number of hydrogen-bond acceptors (Lipinski definition) is 2. The molecule has 0 amide bonds. The van der Waals surface area contributed by atoms with Gasteiger partial charge in [-0.2, -0.15) is 0 Å². The van der Waals surface area contributed by atoms with Gasteiger partial charge in [-0.1, -0.05) is 30.3 Å². The summed E-state index contributed by atoms with van der Waals surface area (Å²) in [5, 5.41) is 0. The predicted molar refractivity (Wildman–Crippen MR) is 85.3 cm³/mol. The second kappa shape index (κ2) is 5.94. The number of carbonyl (C=O) groups excluding carboxylic acids is 1. The van der Waals surface area contributed by atoms with Gasteiger partial charge in [0.05, 0.1) is 16.6 Å². The van der Waals surface area contributed by atoms with Gasteiger partial charge in [0.2, 0.25) is 0 Å². The summed E-state index contributed by atoms with van der Waals surface area (Å²) in [4.78, 5) is 13.1. The van der Waals surface area contributed by atoms with Crippen molar-refractivity contribution in [3.05, 3.63) is 64.7 Å². The average molecular weight is 298 g/mol. The Hall–Kier alpha value is -1.74. The number of benzene rings is 2. The lowest BCUT2D eigenvalue weighted by Gasteiger charge is -2.07. The van der Waals surface area contributed by atoms with E-state index in [-0.39, 0.29) is 11.5 Å². The van der Waals surface area contributed by atoms with E-state index in [2.05, 4.69) is 0 Å². The van der Waals surface area contributed by atoms with Crippen molar-refractivity contribution in [3.63, 3.8) is 0 Å². The Kier molecular flexibility index (Phi) is 4.02. The number of aryl methyl sites for hydroxylation is 3. The molecule has 3 rings (SSSR count). The van der Waals surface area contributed by atoms with Crippen LogP contribution in [0.2, 0.25) is 0 Å². The molecule has 0 saturated heterocycles. The summed E-state index contributed by atoms with van der Waals surface area (Å²) in [7, 11) is -1.27. The van der Waals surface area contributed by atoms with Crippen LogP contribution in [0.4, 0.5) is 0 Å². The fourth-order valence-electron chi connectivity index (χ4n) is 2.84. The SMILES string of the molecule is Cc1ccccc1S(=O)CC(=O)c1ccc2c(c1)CCC2. The summed E-state index contributed by atoms with van der Waals surface area (Å²) in [5.74, 6) is 0.0233. The molecule has 0 aromatic heterocycles. The molecule has 2 aromatic carbocycles. The topological polar surface area (TPSA) is 34.1 Å². The Morgan fingerprint density at radius 1 is 1.10 bits per heavy atom. The zero-order chi connectivity index (χ0) is 14.8. The van der Waals surface area contributed by atoms with Crippen molar-refractivity contribution in [2.24, 2.45) is 0 Å². The summed E-state index contributed by atoms with van der Waals surface area (Å²) in [6, 6.07) is 13.4. The maximum Gasteiger partial charge on any atom is 0.175 e. The largest absolute Gasteiger partial charge is 0.293 e. The van der Waals surface area contributed by atoms with Crippen LogP contribution in [0, 0.1) is 6.92 Å². The number of Topliss-reactive ketones (excluding diaryl/α,β-unsaturated/α-hetero) is 1. The minimum Gasteiger partial charge on any atom is -0.293 e. The smallest absolute Gasteiger partial charge is 0.175 e. The predicted octanol–water partition coefficient (Wildman–Crippen LogP) is 3.47. The van der Waals surface area contributed by atoms with Gasteiger partial charge in [-0.25, -0.2) is 0 Å². The number of fused-ring (bicyclic) bond motifs is 1. The monoisotopic (exact) mass is 298 g/mol. The van der Waals surface area contributed by atoms with Crippen molar-refractivity contribution in [2.75, 3.05) is 5.75 Å². The lowest BCUT2D eigenvalue weighted by molar-refractivity contribution is 0.102. The minimum absolute atomic E-state index is 0.0358. The maximum absolute atomic E-state index is 12.4. The molecule has 0 radical (unpaired) electrons. The Balaban J connectivity index is 1.77. The second-order valence-electron chi connectivity index (χ2n) is 5.52. The summed E-state index contributed by atoms with van der Waals surface area (Å²) < 4.78 is 12.4. The van der Waals surface area contributed by atoms with Crippen LogP contribution < -0.4 is 0 Å². The summed E-state index contributed by atoms with van der Waals surface area (Å²) in [5.41, 5.74) is 4.30. The highest BCUT2D eigenvalue weighted by Gasteiger charge is 2.17. The molecule has 2 aromatic rings. The molecule has 1 aliphatic carbocycles. The Morgan fingerprint density at radius 2 is 1.86 bits per heavy atom. The van der Waals surface area contributed by atoms with Crippen molar-refractivity contribution < 1.29 is 9.00 Å². The summed E-state index contributed by atoms with van der Waals surface area (Å²) in [6.07, 6.45) is 3.33. The first kappa shape index (κ1) is 14.2. The average Bonchev–Trinajstić information content (AvgIpc) is 2.94. The maximum atomic E-state index is 12.4. The molecular formula is C18H18O2S. The van der Waals surface area contributed by atoms with E-state index in [9.17, 15) is 9.00 Å². The normalized spacial score (nSPS) is 14.7. The van der Waals surface area contributed by atoms with Gasteiger partial charge in [0.25, 0.3) is 0 Å². The Labute approximate surface area is 127 Å². The highest BCUT2D eigenvalue weighted by Crippen LogP contribution is 2.23. The quantitative estimate of drug-likeness (QED) is 0.810. The fraction of sp³-hybridized carbons (Fsp3) is 0.278. The van der Waals surface area contributed by atoms with E-state index in [1.807, 2.05) is 49.4 Å². The van der Waals surface area contributed by atoms with Crippen molar-refractivity contribution in [1.29, 1.82) is 0 Å². The number of rotatable bonds is 4. The van der Waals surface area contributed by atoms with Crippen molar-refractivity contribution in [2.45, 2.75) is 31.1 Å². The van der Waals surface area contributed by atoms with Crippen LogP contribution in [-0.4, -0.2) is 15.7 Å². The van der Waals surface area contributed by atoms with Gasteiger partial charge in [0.1, 0.15) is 0 Å². The molecule has 0 N–H and O–H groups in total. The van der Waals surface area contributed by atoms with E-state index < -0.39 is 10.8 Å². The van der Waals surface area contributed by atoms with Crippen molar-refractivity contribution in [3.8, 4) is 0 Å². The third-order valence-electron chi connectivity index (χ3n) is 4.02. The van der Waals surface area contributed by atoms with Gasteiger partial charge in [-0.3, -0.25) is 9.00 Å². The highest BCUT2D eigenvalue weighted by atomic mass is 32.2. The highest BCUT2D eigenvalue weighted by molar-refractivity contribution is 7.85. The first-order valence-corrected chi connectivity index (χ1v) is 8.56. The zero-order valence-electron chi connectivity index (χ0n) is 12.1. The molecule has 21 heavy (non-hydrogen) atoms. The minimum atomic E-state index is -1.27. The van der Waals surface area contributed by atoms with Crippen LogP contribution in [0.1, 0.15) is 33.5 Å². The Bertz CT molecular complexity index is 719. The number of carbonyl (C=O) groups is 1. The van der Waals surface area contributed by atoms with Crippen LogP contribution in [0.5, 0.6) is 0 Å². The molecular weight excluding hydrogens is 280 g/mol. The first-order valence-electron chi connectivity index (χ1n) is 7.24. The molecule has 108 valence electrons. The summed E-state index contributed by atoms with van der Waals surface area (Å²) >= 11 is 0. The molecule has 0 bridgehead atoms. The molecule has 1 unspecified atom stereocenters. The Morgan fingerprint density at radius 3 is 2.67 bits per heavy atom. The van der Waals surface area contributed by atoms with Crippen LogP contribution in [-0.2, 0) is 23.6 Å². The molecule has 0 aliphatic heterocycles. The van der Waals surface area contributed by atoms with E-state index in [0.717, 1.165) is 23.3 Å². The van der Waals surface area contributed by atoms with Gasteiger partial charge in [-0.15, -0.1) is 0 Å².